The largest absolute Gasteiger partial charge is 0.394 e. The van der Waals surface area contributed by atoms with Crippen LogP contribution in [0.5, 0.6) is 0 Å². The molecule has 0 aromatic rings. The smallest absolute Gasteiger partial charge is 0.234 e. The lowest BCUT2D eigenvalue weighted by atomic mass is 10.0. The Kier molecular flexibility index (Phi) is 33.2. The molecule has 0 saturated carbocycles. The van der Waals surface area contributed by atoms with E-state index < -0.39 is 87.1 Å². The summed E-state index contributed by atoms with van der Waals surface area (Å²) in [7, 11) is 0. The average Bonchev–Trinajstić information content (AvgIpc) is 3.17. The number of aliphatic hydroxyl groups is 10. The summed E-state index contributed by atoms with van der Waals surface area (Å²) in [4.78, 5) is 24.0. The van der Waals surface area contributed by atoms with Gasteiger partial charge < -0.3 is 96.3 Å². The molecule has 22 nitrogen and oxygen atoms in total. The first-order valence-corrected chi connectivity index (χ1v) is 18.4. The first-order valence-electron chi connectivity index (χ1n) is 18.4. The lowest BCUT2D eigenvalue weighted by Gasteiger charge is -2.33. The van der Waals surface area contributed by atoms with Crippen molar-refractivity contribution in [2.24, 2.45) is 11.5 Å². The van der Waals surface area contributed by atoms with Crippen molar-refractivity contribution in [2.45, 2.75) is 80.6 Å². The van der Waals surface area contributed by atoms with E-state index >= 15 is 0 Å². The van der Waals surface area contributed by atoms with Gasteiger partial charge in [-0.2, -0.15) is 0 Å². The van der Waals surface area contributed by atoms with E-state index in [4.69, 9.17) is 50.1 Å². The summed E-state index contributed by atoms with van der Waals surface area (Å²) in [5.74, 6) is -0.661. The summed E-state index contributed by atoms with van der Waals surface area (Å²) in [5.41, 5.74) is 10.6. The molecule has 0 aliphatic heterocycles. The number of rotatable bonds is 39. The van der Waals surface area contributed by atoms with Gasteiger partial charge in [-0.1, -0.05) is 0 Å². The topological polar surface area (TPSA) is 359 Å². The van der Waals surface area contributed by atoms with E-state index in [1.807, 2.05) is 0 Å². The van der Waals surface area contributed by atoms with E-state index in [0.717, 1.165) is 0 Å². The number of nitrogens with two attached hydrogens (primary N) is 2. The second-order valence-electron chi connectivity index (χ2n) is 12.6. The molecule has 55 heavy (non-hydrogen) atoms. The van der Waals surface area contributed by atoms with Gasteiger partial charge in [0.15, 0.2) is 0 Å². The van der Waals surface area contributed by atoms with Crippen LogP contribution < -0.4 is 16.8 Å². The van der Waals surface area contributed by atoms with Crippen LogP contribution in [0.4, 0.5) is 0 Å². The molecule has 0 heterocycles. The molecule has 0 unspecified atom stereocenters. The van der Waals surface area contributed by atoms with Gasteiger partial charge in [-0.15, -0.1) is 0 Å². The van der Waals surface area contributed by atoms with Crippen LogP contribution in [-0.4, -0.2) is 241 Å². The Balaban J connectivity index is 3.98. The lowest BCUT2D eigenvalue weighted by Crippen LogP contribution is -2.53. The second-order valence-corrected chi connectivity index (χ2v) is 12.6. The van der Waals surface area contributed by atoms with Crippen molar-refractivity contribution in [3.63, 3.8) is 0 Å². The Hall–Kier alpha value is -1.78. The van der Waals surface area contributed by atoms with Crippen molar-refractivity contribution in [1.82, 2.24) is 10.2 Å². The number of hydrogen-bond donors (Lipinski definition) is 13. The number of carbonyl (C=O) groups is 2. The van der Waals surface area contributed by atoms with E-state index in [2.05, 4.69) is 5.32 Å². The predicted octanol–water partition coefficient (Wildman–Crippen LogP) is -7.25. The summed E-state index contributed by atoms with van der Waals surface area (Å²) in [5, 5.41) is 101. The number of hydrogen-bond acceptors (Lipinski definition) is 20. The molecule has 2 amide bonds. The number of aliphatic hydroxyl groups excluding tert-OH is 10. The molecule has 9 atom stereocenters. The van der Waals surface area contributed by atoms with E-state index in [1.54, 1.807) is 0 Å². The highest BCUT2D eigenvalue weighted by Crippen LogP contribution is 2.11. The molecule has 15 N–H and O–H groups in total. The summed E-state index contributed by atoms with van der Waals surface area (Å²) < 4.78 is 32.6. The van der Waals surface area contributed by atoms with Gasteiger partial charge in [-0.25, -0.2) is 0 Å². The lowest BCUT2D eigenvalue weighted by molar-refractivity contribution is -0.131. The van der Waals surface area contributed by atoms with Gasteiger partial charge in [-0.3, -0.25) is 14.5 Å². The van der Waals surface area contributed by atoms with Gasteiger partial charge in [0.2, 0.25) is 11.8 Å². The molecule has 0 aromatic heterocycles. The minimum atomic E-state index is -1.88. The van der Waals surface area contributed by atoms with E-state index in [0.29, 0.717) is 72.1 Å². The van der Waals surface area contributed by atoms with Crippen molar-refractivity contribution in [1.29, 1.82) is 0 Å². The summed E-state index contributed by atoms with van der Waals surface area (Å²) in [6.07, 6.45) is -12.2. The Morgan fingerprint density at radius 3 is 1.29 bits per heavy atom. The zero-order valence-electron chi connectivity index (χ0n) is 31.6. The Labute approximate surface area is 321 Å². The van der Waals surface area contributed by atoms with Crippen LogP contribution in [0.1, 0.15) is 25.7 Å². The molecule has 0 saturated heterocycles. The fourth-order valence-electron chi connectivity index (χ4n) is 4.64. The van der Waals surface area contributed by atoms with Crippen molar-refractivity contribution in [2.75, 3.05) is 119 Å². The Bertz CT molecular complexity index is 904. The first kappa shape index (κ1) is 53.2. The maximum Gasteiger partial charge on any atom is 0.234 e. The summed E-state index contributed by atoms with van der Waals surface area (Å²) in [6, 6.07) is -0.661. The highest BCUT2D eigenvalue weighted by atomic mass is 16.6. The maximum absolute atomic E-state index is 11.8. The molecule has 0 spiro atoms. The first-order chi connectivity index (χ1) is 26.3. The van der Waals surface area contributed by atoms with Gasteiger partial charge in [0, 0.05) is 32.6 Å². The highest BCUT2D eigenvalue weighted by molar-refractivity contribution is 5.79. The molecule has 0 aromatic carbocycles. The molecule has 0 fully saturated rings. The van der Waals surface area contributed by atoms with Crippen molar-refractivity contribution < 1.29 is 89.1 Å². The van der Waals surface area contributed by atoms with Gasteiger partial charge >= 0.3 is 0 Å². The van der Waals surface area contributed by atoms with Crippen LogP contribution in [0.15, 0.2) is 0 Å². The Morgan fingerprint density at radius 2 is 0.909 bits per heavy atom. The number of nitrogens with zero attached hydrogens (tertiary/aromatic N) is 1. The van der Waals surface area contributed by atoms with Crippen LogP contribution in [0.25, 0.3) is 0 Å². The van der Waals surface area contributed by atoms with Gasteiger partial charge in [-0.05, 0) is 19.3 Å². The average molecular weight is 809 g/mol. The third kappa shape index (κ3) is 27.5. The SMILES string of the molecule is NC(=O)[C@@H](N)CCCCNC(=O)CCOCCOCCOCCOCCOCCOCCN(C[C@H](O)[C@@H](O)[C@H](O)[C@H](O)CO)C[C@H](O)[C@@H](O)[C@H](O)[C@H](O)CO. The third-order valence-electron chi connectivity index (χ3n) is 8.06. The zero-order valence-corrected chi connectivity index (χ0v) is 31.6. The molecule has 22 heteroatoms. The van der Waals surface area contributed by atoms with Gasteiger partial charge in [0.05, 0.1) is 111 Å². The van der Waals surface area contributed by atoms with Crippen molar-refractivity contribution in [3.8, 4) is 0 Å². The second kappa shape index (κ2) is 34.3. The van der Waals surface area contributed by atoms with E-state index in [1.165, 1.54) is 4.90 Å². The fourth-order valence-corrected chi connectivity index (χ4v) is 4.64. The van der Waals surface area contributed by atoms with Crippen LogP contribution in [-0.2, 0) is 38.0 Å². The molecule has 328 valence electrons. The molecule has 0 aliphatic rings. The molecule has 0 rings (SSSR count). The zero-order chi connectivity index (χ0) is 41.4. The number of nitrogens with one attached hydrogen (secondary N) is 1. The number of ether oxygens (including phenoxy) is 6. The monoisotopic (exact) mass is 808 g/mol. The standard InChI is InChI=1S/C33H68N4O18/c34-23(33(35)49)3-1-2-5-36-28(44)4-7-50-9-11-52-13-15-54-17-18-55-16-14-53-12-10-51-8-6-37(19-24(40)29(45)31(47)26(42)21-38)20-25(41)30(46)32(48)27(43)22-39/h23-27,29-32,38-43,45-48H,1-22,34H2,(H2,35,49)(H,36,44)/t23-,24-,25-,26+,27+,29+,30+,31+,32+/m0/s1. The normalized spacial score (nSPS) is 16.9. The highest BCUT2D eigenvalue weighted by Gasteiger charge is 2.34. The molecule has 0 aliphatic carbocycles. The van der Waals surface area contributed by atoms with Crippen LogP contribution in [0, 0.1) is 0 Å². The minimum Gasteiger partial charge on any atom is -0.394 e. The van der Waals surface area contributed by atoms with Crippen LogP contribution in [0.3, 0.4) is 0 Å². The summed E-state index contributed by atoms with van der Waals surface area (Å²) >= 11 is 0. The van der Waals surface area contributed by atoms with E-state index in [-0.39, 0.29) is 51.9 Å². The number of primary amides is 1. The third-order valence-corrected chi connectivity index (χ3v) is 8.06. The van der Waals surface area contributed by atoms with Gasteiger partial charge in [0.1, 0.15) is 36.6 Å². The van der Waals surface area contributed by atoms with Gasteiger partial charge in [0.25, 0.3) is 0 Å². The van der Waals surface area contributed by atoms with E-state index in [9.17, 15) is 50.4 Å². The van der Waals surface area contributed by atoms with Crippen molar-refractivity contribution in [3.05, 3.63) is 0 Å². The van der Waals surface area contributed by atoms with Crippen LogP contribution in [0.2, 0.25) is 0 Å². The summed E-state index contributed by atoms with van der Waals surface area (Å²) in [6.45, 7) is 1.36. The number of amides is 2. The Morgan fingerprint density at radius 1 is 0.545 bits per heavy atom. The quantitative estimate of drug-likeness (QED) is 0.0257. The maximum atomic E-state index is 11.8. The molecular weight excluding hydrogens is 740 g/mol. The predicted molar refractivity (Wildman–Crippen MR) is 192 cm³/mol. The number of carbonyl (C=O) groups excluding carboxylic acids is 2. The fraction of sp³-hybridized carbons (Fsp3) is 0.939. The number of unbranched alkanes of at least 4 members (excludes halogenated alkanes) is 1. The molecule has 0 bridgehead atoms. The van der Waals surface area contributed by atoms with Crippen molar-refractivity contribution >= 4 is 11.8 Å². The molecule has 0 radical (unpaired) electrons. The minimum absolute atomic E-state index is 0.0219. The molecular formula is C33H68N4O18. The van der Waals surface area contributed by atoms with Crippen LogP contribution >= 0.6 is 0 Å².